The van der Waals surface area contributed by atoms with Gasteiger partial charge in [0.1, 0.15) is 0 Å². The summed E-state index contributed by atoms with van der Waals surface area (Å²) in [5, 5.41) is 0. The van der Waals surface area contributed by atoms with Crippen LogP contribution in [0.25, 0.3) is 0 Å². The second-order valence-electron chi connectivity index (χ2n) is 0.429. The van der Waals surface area contributed by atoms with Crippen molar-refractivity contribution in [2.45, 2.75) is 0 Å². The predicted octanol–water partition coefficient (Wildman–Crippen LogP) is -1.21. The van der Waals surface area contributed by atoms with Crippen molar-refractivity contribution in [3.8, 4) is 0 Å². The maximum atomic E-state index is 9.90. The van der Waals surface area contributed by atoms with E-state index in [4.69, 9.17) is 0 Å². The van der Waals surface area contributed by atoms with E-state index in [1.165, 1.54) is 0 Å². The molecule has 0 heterocycles. The zero-order chi connectivity index (χ0) is 4.50. The van der Waals surface area contributed by atoms with Gasteiger partial charge < -0.3 is 1.43 Å². The van der Waals surface area contributed by atoms with Crippen LogP contribution in [-0.2, 0) is 22.7 Å². The van der Waals surface area contributed by atoms with Crippen molar-refractivity contribution in [2.75, 3.05) is 0 Å². The van der Waals surface area contributed by atoms with E-state index < -0.39 is 22.7 Å². The molecular weight excluding hydrogens is 206 g/mol. The van der Waals surface area contributed by atoms with Crippen LogP contribution in [0.1, 0.15) is 1.43 Å². The Balaban J connectivity index is -0.0000000800. The fraction of sp³-hybridized carbons (Fsp3) is 0. The number of hydrogen-bond donors (Lipinski definition) is 0. The summed E-state index contributed by atoms with van der Waals surface area (Å²) in [5.41, 5.74) is 0. The van der Waals surface area contributed by atoms with Gasteiger partial charge in [-0.25, -0.2) is 0 Å². The van der Waals surface area contributed by atoms with E-state index in [1.807, 2.05) is 0 Å². The zero-order valence-electron chi connectivity index (χ0n) is 4.01. The second-order valence-corrected chi connectivity index (χ2v) is 2.54. The monoisotopic (exact) mass is 206 g/mol. The van der Waals surface area contributed by atoms with Crippen LogP contribution in [0.5, 0.6) is 0 Å². The van der Waals surface area contributed by atoms with Crippen molar-refractivity contribution in [3.63, 3.8) is 0 Å². The molecule has 0 N–H and O–H groups in total. The van der Waals surface area contributed by atoms with Gasteiger partial charge in [-0.1, -0.05) is 0 Å². The van der Waals surface area contributed by atoms with Crippen molar-refractivity contribution in [2.24, 2.45) is 0 Å². The van der Waals surface area contributed by atoms with Gasteiger partial charge in [-0.05, 0) is 0 Å². The van der Waals surface area contributed by atoms with Crippen LogP contribution < -0.4 is 51.4 Å². The van der Waals surface area contributed by atoms with Gasteiger partial charge in [0.25, 0.3) is 0 Å². The van der Waals surface area contributed by atoms with E-state index in [9.17, 15) is 10.5 Å². The molecule has 0 aliphatic rings. The Hall–Kier alpha value is 2.24. The van der Waals surface area contributed by atoms with Crippen molar-refractivity contribution in [3.05, 3.63) is 0 Å². The molecular formula is HF4KZr. The summed E-state index contributed by atoms with van der Waals surface area (Å²) in [5.74, 6) is 0. The van der Waals surface area contributed by atoms with Crippen LogP contribution in [0.3, 0.4) is 0 Å². The summed E-state index contributed by atoms with van der Waals surface area (Å²) in [6.07, 6.45) is 0. The normalized spacial score (nSPS) is 10.0. The van der Waals surface area contributed by atoms with Crippen molar-refractivity contribution >= 4 is 0 Å². The summed E-state index contributed by atoms with van der Waals surface area (Å²) in [4.78, 5) is 0. The van der Waals surface area contributed by atoms with Gasteiger partial charge in [0.2, 0.25) is 0 Å². The van der Waals surface area contributed by atoms with Crippen molar-refractivity contribution in [1.29, 1.82) is 0 Å². The van der Waals surface area contributed by atoms with Gasteiger partial charge in [0.15, 0.2) is 0 Å². The van der Waals surface area contributed by atoms with Crippen LogP contribution in [0.4, 0.5) is 10.5 Å². The first-order valence-electron chi connectivity index (χ1n) is 0.756. The minimum absolute atomic E-state index is 0. The predicted molar refractivity (Wildman–Crippen MR) is 5.54 cm³/mol. The van der Waals surface area contributed by atoms with E-state index in [-0.39, 0.29) is 52.8 Å². The molecule has 0 nitrogen and oxygen atoms in total. The minimum atomic E-state index is -7.18. The number of rotatable bonds is 0. The molecule has 0 bridgehead atoms. The summed E-state index contributed by atoms with van der Waals surface area (Å²) in [6, 6.07) is 0. The van der Waals surface area contributed by atoms with Crippen LogP contribution in [0.2, 0.25) is 0 Å². The Bertz CT molecular complexity index is 27.2. The maximum absolute atomic E-state index is 9.90. The molecule has 34 valence electrons. The van der Waals surface area contributed by atoms with Crippen LogP contribution in [-0.4, -0.2) is 0 Å². The minimum Gasteiger partial charge on any atom is -1.00 e. The molecule has 0 atom stereocenters. The Morgan fingerprint density at radius 2 is 1.00 bits per heavy atom. The van der Waals surface area contributed by atoms with Crippen LogP contribution in [0.15, 0.2) is 0 Å². The molecule has 0 unspecified atom stereocenters. The average molecular weight is 207 g/mol. The Morgan fingerprint density at radius 3 is 1.00 bits per heavy atom. The zero-order valence-corrected chi connectivity index (χ0v) is 8.59. The molecule has 0 aromatic rings. The van der Waals surface area contributed by atoms with Gasteiger partial charge in [0, 0.05) is 0 Å². The summed E-state index contributed by atoms with van der Waals surface area (Å²) < 4.78 is 39.6. The van der Waals surface area contributed by atoms with Gasteiger partial charge in [-0.3, -0.25) is 0 Å². The van der Waals surface area contributed by atoms with E-state index in [1.54, 1.807) is 0 Å². The van der Waals surface area contributed by atoms with Gasteiger partial charge >= 0.3 is 84.6 Å². The molecule has 0 radical (unpaired) electrons. The fourth-order valence-corrected chi connectivity index (χ4v) is 0. The molecule has 0 spiro atoms. The molecule has 6 heavy (non-hydrogen) atoms. The molecule has 0 aliphatic heterocycles. The molecule has 0 amide bonds. The topological polar surface area (TPSA) is 0 Å². The van der Waals surface area contributed by atoms with E-state index >= 15 is 0 Å². The van der Waals surface area contributed by atoms with Crippen LogP contribution in [0, 0.1) is 0 Å². The smallest absolute Gasteiger partial charge is 1.00 e. The average Bonchev–Trinajstić information content (AvgIpc) is 0.722. The summed E-state index contributed by atoms with van der Waals surface area (Å²) in [6.45, 7) is 0. The fourth-order valence-electron chi connectivity index (χ4n) is 0. The molecule has 0 aromatic heterocycles. The van der Waals surface area contributed by atoms with Crippen molar-refractivity contribution in [1.82, 2.24) is 0 Å². The Morgan fingerprint density at radius 1 is 1.00 bits per heavy atom. The first-order valence-corrected chi connectivity index (χ1v) is 4.47. The van der Waals surface area contributed by atoms with Gasteiger partial charge in [-0.2, -0.15) is 0 Å². The molecule has 0 rings (SSSR count). The van der Waals surface area contributed by atoms with E-state index in [0.717, 1.165) is 0 Å². The summed E-state index contributed by atoms with van der Waals surface area (Å²) in [7, 11) is 0. The number of hydrogen-bond acceptors (Lipinski definition) is 0. The number of halogens is 4. The molecule has 6 heteroatoms. The first kappa shape index (κ1) is 11.1. The van der Waals surface area contributed by atoms with Crippen LogP contribution >= 0.6 is 0 Å². The maximum Gasteiger partial charge on any atom is 1.00 e. The molecule has 0 saturated carbocycles. The third-order valence-corrected chi connectivity index (χ3v) is 0. The standard InChI is InChI=1S/4FH.K.Zr.H/h4*1H;;;/q;;;;+1;+4;-1/p-4. The second kappa shape index (κ2) is 4.15. The third-order valence-electron chi connectivity index (χ3n) is 0. The molecule has 0 aliphatic carbocycles. The quantitative estimate of drug-likeness (QED) is 0.346. The van der Waals surface area contributed by atoms with Gasteiger partial charge in [-0.15, -0.1) is 0 Å². The Labute approximate surface area is 84.1 Å². The largest absolute Gasteiger partial charge is 1.00 e. The first-order chi connectivity index (χ1) is 2.00. The molecule has 0 aromatic carbocycles. The Kier molecular flexibility index (Phi) is 7.67. The third kappa shape index (κ3) is 34.2. The van der Waals surface area contributed by atoms with E-state index in [2.05, 4.69) is 0 Å². The van der Waals surface area contributed by atoms with E-state index in [0.29, 0.717) is 0 Å². The molecule has 0 fully saturated rings. The van der Waals surface area contributed by atoms with Crippen molar-refractivity contribution < 1.29 is 86.0 Å². The SMILES string of the molecule is [F][Zr]([F])([F])[F].[H-].[K+]. The molecule has 0 saturated heterocycles. The van der Waals surface area contributed by atoms with Gasteiger partial charge in [0.05, 0.1) is 0 Å². The summed E-state index contributed by atoms with van der Waals surface area (Å²) >= 11 is -7.18.